The summed E-state index contributed by atoms with van der Waals surface area (Å²) in [4.78, 5) is 30.3. The Labute approximate surface area is 142 Å². The molecule has 0 radical (unpaired) electrons. The number of esters is 1. The standard InChI is InChI=1S/C19H22N2O3/c1-3-24-18(22)11-13-21(14-17-6-4-5-12-20-17)19(23)16-9-7-15(2)8-10-16/h4-10,12H,3,11,13-14H2,1-2H3. The number of carbonyl (C=O) groups excluding carboxylic acids is 2. The maximum Gasteiger partial charge on any atom is 0.307 e. The van der Waals surface area contributed by atoms with Crippen molar-refractivity contribution in [3.05, 3.63) is 65.5 Å². The Balaban J connectivity index is 2.13. The second-order valence-electron chi connectivity index (χ2n) is 5.47. The summed E-state index contributed by atoms with van der Waals surface area (Å²) in [5, 5.41) is 0. The molecule has 0 atom stereocenters. The van der Waals surface area contributed by atoms with E-state index in [1.165, 1.54) is 0 Å². The molecule has 0 bridgehead atoms. The lowest BCUT2D eigenvalue weighted by atomic mass is 10.1. The largest absolute Gasteiger partial charge is 0.466 e. The van der Waals surface area contributed by atoms with Gasteiger partial charge < -0.3 is 9.64 Å². The number of hydrogen-bond acceptors (Lipinski definition) is 4. The molecule has 0 aliphatic carbocycles. The van der Waals surface area contributed by atoms with E-state index < -0.39 is 0 Å². The molecule has 2 aromatic rings. The molecule has 0 fully saturated rings. The number of amides is 1. The number of benzene rings is 1. The molecule has 0 aliphatic rings. The van der Waals surface area contributed by atoms with E-state index in [9.17, 15) is 9.59 Å². The normalized spacial score (nSPS) is 10.2. The van der Waals surface area contributed by atoms with Crippen molar-refractivity contribution in [3.63, 3.8) is 0 Å². The average molecular weight is 326 g/mol. The van der Waals surface area contributed by atoms with Crippen LogP contribution in [0.5, 0.6) is 0 Å². The fraction of sp³-hybridized carbons (Fsp3) is 0.316. The van der Waals surface area contributed by atoms with Crippen molar-refractivity contribution in [2.24, 2.45) is 0 Å². The van der Waals surface area contributed by atoms with Crippen molar-refractivity contribution >= 4 is 11.9 Å². The zero-order valence-corrected chi connectivity index (χ0v) is 14.1. The molecule has 2 rings (SSSR count). The van der Waals surface area contributed by atoms with Crippen molar-refractivity contribution < 1.29 is 14.3 Å². The third-order valence-corrected chi connectivity index (χ3v) is 3.56. The van der Waals surface area contributed by atoms with Gasteiger partial charge in [0.1, 0.15) is 0 Å². The van der Waals surface area contributed by atoms with E-state index in [2.05, 4.69) is 4.98 Å². The van der Waals surface area contributed by atoms with Gasteiger partial charge >= 0.3 is 5.97 Å². The topological polar surface area (TPSA) is 59.5 Å². The van der Waals surface area contributed by atoms with E-state index in [0.29, 0.717) is 25.3 Å². The Morgan fingerprint density at radius 1 is 1.12 bits per heavy atom. The minimum atomic E-state index is -0.305. The molecule has 5 heteroatoms. The highest BCUT2D eigenvalue weighted by atomic mass is 16.5. The smallest absolute Gasteiger partial charge is 0.307 e. The van der Waals surface area contributed by atoms with Gasteiger partial charge in [0.2, 0.25) is 0 Å². The SMILES string of the molecule is CCOC(=O)CCN(Cc1ccccn1)C(=O)c1ccc(C)cc1. The molecule has 0 unspecified atom stereocenters. The molecule has 126 valence electrons. The van der Waals surface area contributed by atoms with Crippen LogP contribution < -0.4 is 0 Å². The van der Waals surface area contributed by atoms with Crippen LogP contribution in [0.15, 0.2) is 48.7 Å². The number of carbonyl (C=O) groups is 2. The van der Waals surface area contributed by atoms with Crippen LogP contribution in [0, 0.1) is 6.92 Å². The molecule has 5 nitrogen and oxygen atoms in total. The van der Waals surface area contributed by atoms with Gasteiger partial charge in [0, 0.05) is 18.3 Å². The predicted molar refractivity (Wildman–Crippen MR) is 91.4 cm³/mol. The third kappa shape index (κ3) is 5.19. The molecular weight excluding hydrogens is 304 g/mol. The summed E-state index contributed by atoms with van der Waals surface area (Å²) in [6, 6.07) is 13.0. The number of nitrogens with zero attached hydrogens (tertiary/aromatic N) is 2. The lowest BCUT2D eigenvalue weighted by Gasteiger charge is -2.22. The lowest BCUT2D eigenvalue weighted by molar-refractivity contribution is -0.143. The molecule has 0 spiro atoms. The van der Waals surface area contributed by atoms with Crippen LogP contribution >= 0.6 is 0 Å². The molecular formula is C19H22N2O3. The van der Waals surface area contributed by atoms with Gasteiger partial charge in [-0.3, -0.25) is 14.6 Å². The van der Waals surface area contributed by atoms with Crippen LogP contribution in [0.25, 0.3) is 0 Å². The fourth-order valence-corrected chi connectivity index (χ4v) is 2.28. The first-order chi connectivity index (χ1) is 11.6. The van der Waals surface area contributed by atoms with Crippen LogP contribution in [-0.4, -0.2) is 34.9 Å². The molecule has 1 heterocycles. The Kier molecular flexibility index (Phi) is 6.49. The van der Waals surface area contributed by atoms with Crippen molar-refractivity contribution in [3.8, 4) is 0 Å². The van der Waals surface area contributed by atoms with Gasteiger partial charge in [0.25, 0.3) is 5.91 Å². The van der Waals surface area contributed by atoms with Crippen molar-refractivity contribution in [1.29, 1.82) is 0 Å². The predicted octanol–water partition coefficient (Wildman–Crippen LogP) is 2.99. The number of aromatic nitrogens is 1. The van der Waals surface area contributed by atoms with Crippen LogP contribution in [0.3, 0.4) is 0 Å². The van der Waals surface area contributed by atoms with E-state index in [1.54, 1.807) is 30.2 Å². The van der Waals surface area contributed by atoms with Gasteiger partial charge in [0.15, 0.2) is 0 Å². The third-order valence-electron chi connectivity index (χ3n) is 3.56. The molecule has 1 aromatic carbocycles. The highest BCUT2D eigenvalue weighted by Crippen LogP contribution is 2.11. The first-order valence-electron chi connectivity index (χ1n) is 8.01. The first kappa shape index (κ1) is 17.7. The number of aryl methyl sites for hydroxylation is 1. The zero-order valence-electron chi connectivity index (χ0n) is 14.1. The van der Waals surface area contributed by atoms with E-state index in [-0.39, 0.29) is 18.3 Å². The number of hydrogen-bond donors (Lipinski definition) is 0. The monoisotopic (exact) mass is 326 g/mol. The maximum absolute atomic E-state index is 12.8. The summed E-state index contributed by atoms with van der Waals surface area (Å²) in [6.07, 6.45) is 1.85. The molecule has 0 saturated heterocycles. The van der Waals surface area contributed by atoms with E-state index in [4.69, 9.17) is 4.74 Å². The van der Waals surface area contributed by atoms with Gasteiger partial charge in [-0.1, -0.05) is 23.8 Å². The van der Waals surface area contributed by atoms with Crippen LogP contribution in [0.4, 0.5) is 0 Å². The van der Waals surface area contributed by atoms with E-state index >= 15 is 0 Å². The number of pyridine rings is 1. The summed E-state index contributed by atoms with van der Waals surface area (Å²) in [7, 11) is 0. The fourth-order valence-electron chi connectivity index (χ4n) is 2.28. The summed E-state index contributed by atoms with van der Waals surface area (Å²) in [5.74, 6) is -0.426. The Hall–Kier alpha value is -2.69. The number of rotatable bonds is 7. The lowest BCUT2D eigenvalue weighted by Crippen LogP contribution is -2.33. The van der Waals surface area contributed by atoms with Crippen molar-refractivity contribution in [1.82, 2.24) is 9.88 Å². The average Bonchev–Trinajstić information content (AvgIpc) is 2.60. The second kappa shape index (κ2) is 8.82. The van der Waals surface area contributed by atoms with Crippen LogP contribution in [-0.2, 0) is 16.1 Å². The van der Waals surface area contributed by atoms with Gasteiger partial charge in [-0.15, -0.1) is 0 Å². The summed E-state index contributed by atoms with van der Waals surface area (Å²) < 4.78 is 4.95. The van der Waals surface area contributed by atoms with Gasteiger partial charge in [-0.2, -0.15) is 0 Å². The molecule has 0 saturated carbocycles. The minimum absolute atomic E-state index is 0.120. The van der Waals surface area contributed by atoms with Gasteiger partial charge in [-0.25, -0.2) is 0 Å². The zero-order chi connectivity index (χ0) is 17.4. The maximum atomic E-state index is 12.8. The second-order valence-corrected chi connectivity index (χ2v) is 5.47. The van der Waals surface area contributed by atoms with Gasteiger partial charge in [-0.05, 0) is 38.1 Å². The van der Waals surface area contributed by atoms with Gasteiger partial charge in [0.05, 0.1) is 25.3 Å². The number of ether oxygens (including phenoxy) is 1. The highest BCUT2D eigenvalue weighted by molar-refractivity contribution is 5.94. The summed E-state index contributed by atoms with van der Waals surface area (Å²) >= 11 is 0. The quantitative estimate of drug-likeness (QED) is 0.734. The molecule has 0 N–H and O–H groups in total. The molecule has 1 aromatic heterocycles. The first-order valence-corrected chi connectivity index (χ1v) is 8.01. The van der Waals surface area contributed by atoms with Crippen molar-refractivity contribution in [2.75, 3.05) is 13.2 Å². The Morgan fingerprint density at radius 3 is 2.50 bits per heavy atom. The van der Waals surface area contributed by atoms with Crippen LogP contribution in [0.2, 0.25) is 0 Å². The van der Waals surface area contributed by atoms with Crippen molar-refractivity contribution in [2.45, 2.75) is 26.8 Å². The van der Waals surface area contributed by atoms with E-state index in [1.807, 2.05) is 37.3 Å². The molecule has 24 heavy (non-hydrogen) atoms. The molecule has 0 aliphatic heterocycles. The summed E-state index contributed by atoms with van der Waals surface area (Å²) in [5.41, 5.74) is 2.47. The highest BCUT2D eigenvalue weighted by Gasteiger charge is 2.18. The Bertz CT molecular complexity index is 669. The Morgan fingerprint density at radius 2 is 1.88 bits per heavy atom. The van der Waals surface area contributed by atoms with E-state index in [0.717, 1.165) is 11.3 Å². The molecule has 1 amide bonds. The minimum Gasteiger partial charge on any atom is -0.466 e. The van der Waals surface area contributed by atoms with Crippen LogP contribution in [0.1, 0.15) is 35.0 Å². The summed E-state index contributed by atoms with van der Waals surface area (Å²) in [6.45, 7) is 4.72.